The molecule has 0 spiro atoms. The molecule has 9 heteroatoms. The van der Waals surface area contributed by atoms with E-state index in [1.807, 2.05) is 63.8 Å². The third kappa shape index (κ3) is 4.65. The van der Waals surface area contributed by atoms with Crippen molar-refractivity contribution in [2.75, 3.05) is 13.1 Å². The van der Waals surface area contributed by atoms with Crippen LogP contribution in [-0.2, 0) is 19.4 Å². The van der Waals surface area contributed by atoms with Crippen LogP contribution in [0.4, 0.5) is 4.39 Å². The molecule has 0 bridgehead atoms. The van der Waals surface area contributed by atoms with Crippen molar-refractivity contribution < 1.29 is 13.9 Å². The molecular formula is C29H29FN6O2. The van der Waals surface area contributed by atoms with Gasteiger partial charge < -0.3 is 10.1 Å². The number of ketones is 1. The monoisotopic (exact) mass is 512 g/mol. The molecule has 4 aromatic heterocycles. The van der Waals surface area contributed by atoms with Crippen LogP contribution in [0.15, 0.2) is 67.0 Å². The van der Waals surface area contributed by atoms with Gasteiger partial charge >= 0.3 is 0 Å². The van der Waals surface area contributed by atoms with Gasteiger partial charge in [-0.1, -0.05) is 31.2 Å². The van der Waals surface area contributed by atoms with Crippen LogP contribution in [0.2, 0.25) is 0 Å². The van der Waals surface area contributed by atoms with Gasteiger partial charge in [-0.2, -0.15) is 5.10 Å². The first kappa shape index (κ1) is 24.2. The lowest BCUT2D eigenvalue weighted by atomic mass is 10.0. The summed E-state index contributed by atoms with van der Waals surface area (Å²) in [4.78, 5) is 22.3. The number of halogens is 1. The van der Waals surface area contributed by atoms with E-state index in [0.717, 1.165) is 46.5 Å². The number of pyridine rings is 2. The van der Waals surface area contributed by atoms with E-state index >= 15 is 0 Å². The van der Waals surface area contributed by atoms with Crippen LogP contribution in [0.25, 0.3) is 16.6 Å². The van der Waals surface area contributed by atoms with Crippen LogP contribution in [0.3, 0.4) is 0 Å². The molecule has 1 fully saturated rings. The first-order valence-electron chi connectivity index (χ1n) is 13.0. The van der Waals surface area contributed by atoms with Crippen molar-refractivity contribution in [2.45, 2.75) is 45.0 Å². The van der Waals surface area contributed by atoms with Gasteiger partial charge in [0.2, 0.25) is 5.88 Å². The number of rotatable bonds is 8. The number of piperidine rings is 1. The molecule has 0 radical (unpaired) electrons. The summed E-state index contributed by atoms with van der Waals surface area (Å²) in [6.07, 6.45) is 3.53. The number of fused-ring (bicyclic) bond motifs is 2. The number of hydrogen-bond donors (Lipinski definition) is 1. The molecule has 1 saturated heterocycles. The number of imidazole rings is 1. The van der Waals surface area contributed by atoms with E-state index in [-0.39, 0.29) is 12.2 Å². The summed E-state index contributed by atoms with van der Waals surface area (Å²) in [5, 5.41) is 8.92. The maximum Gasteiger partial charge on any atom is 0.213 e. The zero-order valence-corrected chi connectivity index (χ0v) is 21.2. The number of nitrogens with zero attached hydrogens (tertiary/aromatic N) is 5. The van der Waals surface area contributed by atoms with Gasteiger partial charge in [-0.05, 0) is 49.2 Å². The van der Waals surface area contributed by atoms with Gasteiger partial charge in [0.25, 0.3) is 0 Å². The number of alkyl halides is 1. The highest BCUT2D eigenvalue weighted by molar-refractivity contribution is 5.99. The first-order valence-corrected chi connectivity index (χ1v) is 13.0. The van der Waals surface area contributed by atoms with Crippen molar-refractivity contribution in [3.63, 3.8) is 0 Å². The summed E-state index contributed by atoms with van der Waals surface area (Å²) in [5.41, 5.74) is 4.90. The Kier molecular flexibility index (Phi) is 6.59. The molecule has 38 heavy (non-hydrogen) atoms. The molecule has 1 N–H and O–H groups in total. The van der Waals surface area contributed by atoms with Crippen molar-refractivity contribution in [1.82, 2.24) is 29.5 Å². The van der Waals surface area contributed by atoms with E-state index in [1.165, 1.54) is 0 Å². The highest BCUT2D eigenvalue weighted by Crippen LogP contribution is 2.26. The number of hydrogen-bond acceptors (Lipinski definition) is 6. The number of carbonyl (C=O) groups is 1. The number of nitrogens with one attached hydrogen (secondary N) is 1. The molecule has 2 atom stereocenters. The summed E-state index contributed by atoms with van der Waals surface area (Å²) < 4.78 is 23.9. The van der Waals surface area contributed by atoms with Gasteiger partial charge in [0.1, 0.15) is 23.6 Å². The number of benzene rings is 1. The Balaban J connectivity index is 1.27. The molecule has 0 saturated carbocycles. The fraction of sp³-hybridized carbons (Fsp3) is 0.310. The summed E-state index contributed by atoms with van der Waals surface area (Å²) in [5.74, 6) is 0.421. The van der Waals surface area contributed by atoms with Crippen molar-refractivity contribution in [3.05, 3.63) is 89.6 Å². The predicted octanol–water partition coefficient (Wildman–Crippen LogP) is 4.19. The van der Waals surface area contributed by atoms with E-state index in [0.29, 0.717) is 31.1 Å². The number of ether oxygens (including phenoxy) is 1. The second-order valence-corrected chi connectivity index (χ2v) is 9.57. The Labute approximate surface area is 219 Å². The fourth-order valence-electron chi connectivity index (χ4n) is 5.15. The fourth-order valence-corrected chi connectivity index (χ4v) is 5.15. The highest BCUT2D eigenvalue weighted by atomic mass is 19.1. The van der Waals surface area contributed by atoms with Crippen LogP contribution in [0.1, 0.15) is 40.8 Å². The second-order valence-electron chi connectivity index (χ2n) is 9.57. The number of carbonyl (C=O) groups excluding carboxylic acids is 1. The van der Waals surface area contributed by atoms with Gasteiger partial charge in [-0.25, -0.2) is 14.4 Å². The smallest absolute Gasteiger partial charge is 0.213 e. The Morgan fingerprint density at radius 3 is 2.92 bits per heavy atom. The van der Waals surface area contributed by atoms with E-state index in [4.69, 9.17) is 9.84 Å². The molecule has 1 aliphatic rings. The highest BCUT2D eigenvalue weighted by Gasteiger charge is 2.26. The zero-order valence-electron chi connectivity index (χ0n) is 21.2. The lowest BCUT2D eigenvalue weighted by molar-refractivity contribution is 0.0692. The number of aromatic nitrogens is 5. The summed E-state index contributed by atoms with van der Waals surface area (Å²) >= 11 is 0. The standard InChI is InChI=1S/C29H29FN6O2/c1-2-22-29-19(15-25(37)24-17-32-27-10-3-4-14-35(24)27)7-5-9-23(29)36(34-22)18-20-8-6-11-28(33-20)38-26-12-13-31-16-21(26)30/h3-11,14,17,21,26,31H,2,12-13,15-16,18H2,1H3/t21-,26?/m1/s1. The van der Waals surface area contributed by atoms with Gasteiger partial charge in [0.05, 0.1) is 29.6 Å². The molecule has 1 unspecified atom stereocenters. The van der Waals surface area contributed by atoms with Crippen molar-refractivity contribution in [2.24, 2.45) is 0 Å². The van der Waals surface area contributed by atoms with Crippen LogP contribution in [0.5, 0.6) is 5.88 Å². The molecular weight excluding hydrogens is 483 g/mol. The molecule has 8 nitrogen and oxygen atoms in total. The number of Topliss-reactive ketones (excluding diaryl/α,β-unsaturated/α-hetero) is 1. The van der Waals surface area contributed by atoms with Crippen molar-refractivity contribution in [3.8, 4) is 5.88 Å². The van der Waals surface area contributed by atoms with E-state index in [9.17, 15) is 9.18 Å². The average Bonchev–Trinajstić information content (AvgIpc) is 3.53. The van der Waals surface area contributed by atoms with Gasteiger partial charge in [0, 0.05) is 30.6 Å². The molecule has 5 heterocycles. The van der Waals surface area contributed by atoms with Gasteiger partial charge in [-0.3, -0.25) is 13.9 Å². The summed E-state index contributed by atoms with van der Waals surface area (Å²) in [6.45, 7) is 3.52. The molecule has 1 aromatic carbocycles. The average molecular weight is 513 g/mol. The van der Waals surface area contributed by atoms with Crippen molar-refractivity contribution >= 4 is 22.3 Å². The van der Waals surface area contributed by atoms with E-state index in [2.05, 4.69) is 22.2 Å². The van der Waals surface area contributed by atoms with Crippen molar-refractivity contribution in [1.29, 1.82) is 0 Å². The van der Waals surface area contributed by atoms with E-state index in [1.54, 1.807) is 12.3 Å². The Bertz CT molecular complexity index is 1610. The SMILES string of the molecule is CCc1nn(Cc2cccc(OC3CCNC[C@H]3F)n2)c2cccc(CC(=O)c3cnc4ccccn34)c12. The second kappa shape index (κ2) is 10.3. The molecule has 5 aromatic rings. The van der Waals surface area contributed by atoms with E-state index < -0.39 is 12.3 Å². The zero-order chi connectivity index (χ0) is 26.1. The molecule has 6 rings (SSSR count). The van der Waals surface area contributed by atoms with Crippen LogP contribution >= 0.6 is 0 Å². The quantitative estimate of drug-likeness (QED) is 0.314. The van der Waals surface area contributed by atoms with Crippen LogP contribution in [0, 0.1) is 0 Å². The Morgan fingerprint density at radius 1 is 1.16 bits per heavy atom. The normalized spacial score (nSPS) is 17.7. The minimum atomic E-state index is -1.06. The maximum absolute atomic E-state index is 14.2. The number of aryl methyl sites for hydroxylation is 1. The minimum absolute atomic E-state index is 0.00148. The lowest BCUT2D eigenvalue weighted by Gasteiger charge is -2.26. The van der Waals surface area contributed by atoms with Gasteiger partial charge in [0.15, 0.2) is 5.78 Å². The first-order chi connectivity index (χ1) is 18.6. The lowest BCUT2D eigenvalue weighted by Crippen LogP contribution is -2.44. The minimum Gasteiger partial charge on any atom is -0.471 e. The Morgan fingerprint density at radius 2 is 2.05 bits per heavy atom. The molecule has 1 aliphatic heterocycles. The maximum atomic E-state index is 14.2. The molecule has 0 amide bonds. The van der Waals surface area contributed by atoms with Crippen LogP contribution in [-0.4, -0.2) is 55.3 Å². The summed E-state index contributed by atoms with van der Waals surface area (Å²) in [7, 11) is 0. The molecule has 0 aliphatic carbocycles. The summed E-state index contributed by atoms with van der Waals surface area (Å²) in [6, 6.07) is 17.2. The van der Waals surface area contributed by atoms with Gasteiger partial charge in [-0.15, -0.1) is 0 Å². The predicted molar refractivity (Wildman–Crippen MR) is 142 cm³/mol. The largest absolute Gasteiger partial charge is 0.471 e. The topological polar surface area (TPSA) is 86.3 Å². The third-order valence-corrected chi connectivity index (χ3v) is 7.04. The molecule has 194 valence electrons. The third-order valence-electron chi connectivity index (χ3n) is 7.04. The Hall–Kier alpha value is -4.11. The van der Waals surface area contributed by atoms with Crippen LogP contribution < -0.4 is 10.1 Å².